The smallest absolute Gasteiger partial charge is 0.282 e. The molecule has 2 saturated heterocycles. The predicted molar refractivity (Wildman–Crippen MR) is 101 cm³/mol. The molecule has 0 amide bonds. The molecule has 0 saturated carbocycles. The van der Waals surface area contributed by atoms with Gasteiger partial charge < -0.3 is 4.90 Å². The number of nitrogens with zero attached hydrogens (tertiary/aromatic N) is 5. The van der Waals surface area contributed by atoms with Gasteiger partial charge >= 0.3 is 0 Å². The number of piperidine rings is 1. The van der Waals surface area contributed by atoms with Crippen LogP contribution in [0.4, 0.5) is 5.82 Å². The minimum Gasteiger partial charge on any atom is -0.354 e. The van der Waals surface area contributed by atoms with Gasteiger partial charge in [-0.2, -0.15) is 22.3 Å². The molecule has 1 aromatic rings. The molecule has 0 radical (unpaired) electrons. The van der Waals surface area contributed by atoms with E-state index in [1.165, 1.54) is 0 Å². The van der Waals surface area contributed by atoms with Crippen molar-refractivity contribution >= 4 is 16.0 Å². The molecule has 26 heavy (non-hydrogen) atoms. The Balaban J connectivity index is 1.78. The van der Waals surface area contributed by atoms with Crippen LogP contribution >= 0.6 is 0 Å². The summed E-state index contributed by atoms with van der Waals surface area (Å²) in [6.07, 6.45) is 3.72. The molecule has 8 heteroatoms. The highest BCUT2D eigenvalue weighted by atomic mass is 32.2. The molecule has 2 aliphatic heterocycles. The zero-order chi connectivity index (χ0) is 18.7. The maximum atomic E-state index is 12.9. The summed E-state index contributed by atoms with van der Waals surface area (Å²) in [6.45, 7) is 7.29. The van der Waals surface area contributed by atoms with E-state index in [0.29, 0.717) is 50.6 Å². The van der Waals surface area contributed by atoms with E-state index in [1.54, 1.807) is 8.61 Å². The largest absolute Gasteiger partial charge is 0.354 e. The number of nitriles is 1. The summed E-state index contributed by atoms with van der Waals surface area (Å²) < 4.78 is 29.1. The maximum Gasteiger partial charge on any atom is 0.282 e. The molecule has 0 bridgehead atoms. The standard InChI is InChI=1S/C18H27N5O2S/c1-15-13-16(2)20-18(17(15)14-19)21-7-6-10-23(12-11-21)26(24,25)22-8-4-3-5-9-22/h13H,3-12H2,1-2H3. The Morgan fingerprint density at radius 1 is 0.962 bits per heavy atom. The van der Waals surface area contributed by atoms with Crippen LogP contribution in [0.15, 0.2) is 6.07 Å². The monoisotopic (exact) mass is 377 g/mol. The quantitative estimate of drug-likeness (QED) is 0.802. The molecule has 2 aliphatic rings. The third-order valence-corrected chi connectivity index (χ3v) is 7.19. The van der Waals surface area contributed by atoms with Crippen molar-refractivity contribution in [1.82, 2.24) is 13.6 Å². The Morgan fingerprint density at radius 3 is 2.31 bits per heavy atom. The average Bonchev–Trinajstić information content (AvgIpc) is 2.88. The lowest BCUT2D eigenvalue weighted by molar-refractivity contribution is 0.307. The summed E-state index contributed by atoms with van der Waals surface area (Å²) >= 11 is 0. The minimum absolute atomic E-state index is 0.429. The van der Waals surface area contributed by atoms with Crippen LogP contribution in [-0.2, 0) is 10.2 Å². The van der Waals surface area contributed by atoms with Crippen molar-refractivity contribution in [2.45, 2.75) is 39.5 Å². The van der Waals surface area contributed by atoms with Gasteiger partial charge in [-0.3, -0.25) is 0 Å². The lowest BCUT2D eigenvalue weighted by Gasteiger charge is -2.31. The average molecular weight is 378 g/mol. The van der Waals surface area contributed by atoms with Crippen molar-refractivity contribution < 1.29 is 8.42 Å². The minimum atomic E-state index is -3.39. The van der Waals surface area contributed by atoms with Gasteiger partial charge in [0.05, 0.1) is 5.56 Å². The van der Waals surface area contributed by atoms with Crippen LogP contribution < -0.4 is 4.90 Å². The molecule has 3 rings (SSSR count). The molecule has 0 N–H and O–H groups in total. The topological polar surface area (TPSA) is 80.5 Å². The van der Waals surface area contributed by atoms with E-state index in [9.17, 15) is 13.7 Å². The van der Waals surface area contributed by atoms with Crippen molar-refractivity contribution in [3.8, 4) is 6.07 Å². The normalized spacial score (nSPS) is 20.6. The fraction of sp³-hybridized carbons (Fsp3) is 0.667. The number of hydrogen-bond donors (Lipinski definition) is 0. The fourth-order valence-corrected chi connectivity index (χ4v) is 5.50. The van der Waals surface area contributed by atoms with Gasteiger partial charge in [0.25, 0.3) is 10.2 Å². The lowest BCUT2D eigenvalue weighted by Crippen LogP contribution is -2.47. The predicted octanol–water partition coefficient (Wildman–Crippen LogP) is 1.81. The van der Waals surface area contributed by atoms with Crippen LogP contribution in [0.1, 0.15) is 42.5 Å². The van der Waals surface area contributed by atoms with E-state index < -0.39 is 10.2 Å². The van der Waals surface area contributed by atoms with Gasteiger partial charge in [-0.1, -0.05) is 6.42 Å². The van der Waals surface area contributed by atoms with Gasteiger partial charge in [0.15, 0.2) is 0 Å². The van der Waals surface area contributed by atoms with E-state index in [1.807, 2.05) is 19.9 Å². The third kappa shape index (κ3) is 3.85. The fourth-order valence-electron chi connectivity index (χ4n) is 3.78. The van der Waals surface area contributed by atoms with E-state index in [4.69, 9.17) is 0 Å². The summed E-state index contributed by atoms with van der Waals surface area (Å²) in [5, 5.41) is 9.51. The Morgan fingerprint density at radius 2 is 1.62 bits per heavy atom. The second-order valence-electron chi connectivity index (χ2n) is 7.10. The van der Waals surface area contributed by atoms with Crippen molar-refractivity contribution in [3.63, 3.8) is 0 Å². The van der Waals surface area contributed by atoms with Gasteiger partial charge in [0.2, 0.25) is 0 Å². The van der Waals surface area contributed by atoms with Crippen LogP contribution in [0.2, 0.25) is 0 Å². The van der Waals surface area contributed by atoms with Crippen molar-refractivity contribution in [2.75, 3.05) is 44.2 Å². The number of pyridine rings is 1. The third-order valence-electron chi connectivity index (χ3n) is 5.16. The molecule has 7 nitrogen and oxygen atoms in total. The van der Waals surface area contributed by atoms with Crippen LogP contribution in [0.3, 0.4) is 0 Å². The highest BCUT2D eigenvalue weighted by Gasteiger charge is 2.32. The second-order valence-corrected chi connectivity index (χ2v) is 9.03. The van der Waals surface area contributed by atoms with Gasteiger partial charge in [-0.15, -0.1) is 0 Å². The summed E-state index contributed by atoms with van der Waals surface area (Å²) in [7, 11) is -3.39. The molecule has 0 spiro atoms. The molecule has 1 aromatic heterocycles. The lowest BCUT2D eigenvalue weighted by atomic mass is 10.1. The summed E-state index contributed by atoms with van der Waals surface area (Å²) in [5.41, 5.74) is 2.37. The number of anilines is 1. The summed E-state index contributed by atoms with van der Waals surface area (Å²) in [4.78, 5) is 6.63. The van der Waals surface area contributed by atoms with Gasteiger partial charge in [0.1, 0.15) is 11.9 Å². The highest BCUT2D eigenvalue weighted by Crippen LogP contribution is 2.24. The van der Waals surface area contributed by atoms with Gasteiger partial charge in [0, 0.05) is 45.0 Å². The summed E-state index contributed by atoms with van der Waals surface area (Å²) in [6, 6.07) is 4.17. The van der Waals surface area contributed by atoms with Crippen molar-refractivity contribution in [1.29, 1.82) is 5.26 Å². The first-order chi connectivity index (χ1) is 12.4. The van der Waals surface area contributed by atoms with Gasteiger partial charge in [-0.25, -0.2) is 4.98 Å². The van der Waals surface area contributed by atoms with E-state index >= 15 is 0 Å². The zero-order valence-corrected chi connectivity index (χ0v) is 16.4. The molecular weight excluding hydrogens is 350 g/mol. The van der Waals surface area contributed by atoms with Crippen LogP contribution in [0, 0.1) is 25.2 Å². The van der Waals surface area contributed by atoms with Crippen LogP contribution in [-0.4, -0.2) is 61.3 Å². The number of aryl methyl sites for hydroxylation is 2. The Labute approximate surface area is 156 Å². The van der Waals surface area contributed by atoms with Crippen molar-refractivity contribution in [2.24, 2.45) is 0 Å². The number of rotatable bonds is 3. The second kappa shape index (κ2) is 7.91. The molecule has 0 atom stereocenters. The molecule has 0 aromatic carbocycles. The zero-order valence-electron chi connectivity index (χ0n) is 15.6. The highest BCUT2D eigenvalue weighted by molar-refractivity contribution is 7.86. The van der Waals surface area contributed by atoms with Crippen LogP contribution in [0.25, 0.3) is 0 Å². The number of hydrogen-bond acceptors (Lipinski definition) is 5. The number of aromatic nitrogens is 1. The first kappa shape index (κ1) is 19.1. The molecule has 0 aliphatic carbocycles. The molecule has 142 valence electrons. The molecule has 0 unspecified atom stereocenters. The Hall–Kier alpha value is -1.69. The Kier molecular flexibility index (Phi) is 5.80. The van der Waals surface area contributed by atoms with Crippen molar-refractivity contribution in [3.05, 3.63) is 22.9 Å². The van der Waals surface area contributed by atoms with Crippen LogP contribution in [0.5, 0.6) is 0 Å². The van der Waals surface area contributed by atoms with E-state index in [-0.39, 0.29) is 0 Å². The Bertz CT molecular complexity index is 797. The molecule has 3 heterocycles. The maximum absolute atomic E-state index is 12.9. The van der Waals surface area contributed by atoms with E-state index in [0.717, 1.165) is 36.9 Å². The van der Waals surface area contributed by atoms with E-state index in [2.05, 4.69) is 16.0 Å². The SMILES string of the molecule is Cc1cc(C)c(C#N)c(N2CCCN(S(=O)(=O)N3CCCCC3)CC2)n1. The van der Waals surface area contributed by atoms with Gasteiger partial charge in [-0.05, 0) is 44.7 Å². The first-order valence-corrected chi connectivity index (χ1v) is 10.7. The summed E-state index contributed by atoms with van der Waals surface area (Å²) in [5.74, 6) is 0.683. The first-order valence-electron chi connectivity index (χ1n) is 9.32. The molecular formula is C18H27N5O2S. The molecule has 2 fully saturated rings.